The second kappa shape index (κ2) is 9.62. The lowest BCUT2D eigenvalue weighted by Gasteiger charge is -2.38. The fraction of sp³-hybridized carbons (Fsp3) is 0.278. The number of ether oxygens (including phenoxy) is 1. The van der Waals surface area contributed by atoms with Crippen LogP contribution in [0.5, 0.6) is 0 Å². The number of hydrogen-bond donors (Lipinski definition) is 1. The van der Waals surface area contributed by atoms with Crippen molar-refractivity contribution >= 4 is 39.1 Å². The molecular formula is C18H18N4O9S2. The van der Waals surface area contributed by atoms with Gasteiger partial charge in [0.2, 0.25) is 0 Å². The number of amides is 1. The molecule has 0 bridgehead atoms. The van der Waals surface area contributed by atoms with Crippen molar-refractivity contribution in [3.63, 3.8) is 0 Å². The summed E-state index contributed by atoms with van der Waals surface area (Å²) in [4.78, 5) is 44.6. The number of carboxylic acid groups (broad SMARTS) is 1. The maximum atomic E-state index is 13.5. The number of carbonyl (C=O) groups is 2. The molecular weight excluding hydrogens is 480 g/mol. The number of nitro benzene ring substituents is 1. The first-order valence-electron chi connectivity index (χ1n) is 9.17. The number of thiazole rings is 1. The Morgan fingerprint density at radius 1 is 1.45 bits per heavy atom. The van der Waals surface area contributed by atoms with E-state index >= 15 is 0 Å². The Kier molecular flexibility index (Phi) is 7.06. The van der Waals surface area contributed by atoms with Crippen LogP contribution in [-0.2, 0) is 24.4 Å². The molecule has 15 heteroatoms. The van der Waals surface area contributed by atoms with Crippen molar-refractivity contribution < 1.29 is 37.6 Å². The number of methoxy groups -OCH3 is 1. The zero-order chi connectivity index (χ0) is 24.3. The first kappa shape index (κ1) is 24.2. The molecule has 1 aromatic carbocycles. The number of sulfonamides is 1. The van der Waals surface area contributed by atoms with Crippen molar-refractivity contribution in [3.05, 3.63) is 63.1 Å². The first-order valence-corrected chi connectivity index (χ1v) is 11.5. The summed E-state index contributed by atoms with van der Waals surface area (Å²) in [6.07, 6.45) is -0.273. The van der Waals surface area contributed by atoms with Crippen LogP contribution >= 0.6 is 11.3 Å². The molecule has 13 nitrogen and oxygen atoms in total. The van der Waals surface area contributed by atoms with Gasteiger partial charge in [-0.15, -0.1) is 17.9 Å². The smallest absolute Gasteiger partial charge is 0.408 e. The van der Waals surface area contributed by atoms with Crippen LogP contribution in [0.25, 0.3) is 0 Å². The van der Waals surface area contributed by atoms with Crippen LogP contribution in [0, 0.1) is 10.1 Å². The maximum absolute atomic E-state index is 13.5. The van der Waals surface area contributed by atoms with Gasteiger partial charge < -0.3 is 9.84 Å². The third-order valence-corrected chi connectivity index (χ3v) is 7.37. The van der Waals surface area contributed by atoms with Crippen LogP contribution in [0.4, 0.5) is 10.5 Å². The van der Waals surface area contributed by atoms with Gasteiger partial charge in [-0.3, -0.25) is 19.9 Å². The summed E-state index contributed by atoms with van der Waals surface area (Å²) in [6.45, 7) is 2.64. The van der Waals surface area contributed by atoms with Gasteiger partial charge in [-0.25, -0.2) is 23.0 Å². The Labute approximate surface area is 191 Å². The summed E-state index contributed by atoms with van der Waals surface area (Å²) < 4.78 is 32.3. The predicted molar refractivity (Wildman–Crippen MR) is 113 cm³/mol. The Bertz CT molecular complexity index is 1200. The molecule has 0 radical (unpaired) electrons. The van der Waals surface area contributed by atoms with E-state index in [2.05, 4.69) is 11.6 Å². The lowest BCUT2D eigenvalue weighted by molar-refractivity contribution is -0.388. The van der Waals surface area contributed by atoms with Gasteiger partial charge in [-0.2, -0.15) is 0 Å². The molecule has 1 aliphatic rings. The summed E-state index contributed by atoms with van der Waals surface area (Å²) in [6, 6.07) is 1.96. The van der Waals surface area contributed by atoms with Gasteiger partial charge in [-0.1, -0.05) is 22.7 Å². The van der Waals surface area contributed by atoms with Gasteiger partial charge in [0.1, 0.15) is 6.04 Å². The number of hydroxylamine groups is 1. The second-order valence-corrected chi connectivity index (χ2v) is 9.18. The average Bonchev–Trinajstić information content (AvgIpc) is 3.28. The molecule has 1 aromatic heterocycles. The summed E-state index contributed by atoms with van der Waals surface area (Å²) >= 11 is 0.978. The molecule has 0 saturated heterocycles. The van der Waals surface area contributed by atoms with E-state index in [0.29, 0.717) is 9.37 Å². The number of aromatic nitrogens is 1. The van der Waals surface area contributed by atoms with E-state index < -0.39 is 56.2 Å². The van der Waals surface area contributed by atoms with Crippen LogP contribution in [0.3, 0.4) is 0 Å². The monoisotopic (exact) mass is 498 g/mol. The molecule has 0 spiro atoms. The molecule has 0 aliphatic carbocycles. The zero-order valence-electron chi connectivity index (χ0n) is 17.1. The number of hydrogen-bond acceptors (Lipinski definition) is 10. The molecule has 2 aromatic rings. The number of para-hydroxylation sites is 1. The Balaban J connectivity index is 2.19. The number of nitrogens with zero attached hydrogens (tertiary/aromatic N) is 4. The van der Waals surface area contributed by atoms with Crippen molar-refractivity contribution in [2.75, 3.05) is 20.3 Å². The van der Waals surface area contributed by atoms with Crippen molar-refractivity contribution in [2.24, 2.45) is 0 Å². The van der Waals surface area contributed by atoms with Crippen molar-refractivity contribution in [1.82, 2.24) is 14.4 Å². The van der Waals surface area contributed by atoms with E-state index in [4.69, 9.17) is 9.57 Å². The number of carbonyl (C=O) groups excluding carboxylic acids is 1. The highest BCUT2D eigenvalue weighted by molar-refractivity contribution is 7.89. The van der Waals surface area contributed by atoms with Gasteiger partial charge >= 0.3 is 12.1 Å². The fourth-order valence-electron chi connectivity index (χ4n) is 3.32. The summed E-state index contributed by atoms with van der Waals surface area (Å²) in [5.41, 5.74) is 0.616. The predicted octanol–water partition coefficient (Wildman–Crippen LogP) is 2.11. The summed E-state index contributed by atoms with van der Waals surface area (Å²) in [7, 11) is -3.61. The topological polar surface area (TPSA) is 169 Å². The highest BCUT2D eigenvalue weighted by atomic mass is 32.2. The van der Waals surface area contributed by atoms with Crippen LogP contribution < -0.4 is 0 Å². The van der Waals surface area contributed by atoms with E-state index in [1.54, 1.807) is 0 Å². The summed E-state index contributed by atoms with van der Waals surface area (Å²) in [5.74, 6) is -0.900. The Morgan fingerprint density at radius 3 is 2.76 bits per heavy atom. The normalized spacial score (nSPS) is 17.9. The van der Waals surface area contributed by atoms with Crippen molar-refractivity contribution in [2.45, 2.75) is 17.0 Å². The highest BCUT2D eigenvalue weighted by Gasteiger charge is 2.48. The van der Waals surface area contributed by atoms with Gasteiger partial charge in [0.25, 0.3) is 15.7 Å². The zero-order valence-corrected chi connectivity index (χ0v) is 18.7. The lowest BCUT2D eigenvalue weighted by Crippen LogP contribution is -2.50. The standard InChI is InChI=1S/C18H18N4O9S2/c1-3-8-31-22(33(28,29)13-7-5-4-6-11(13)21(26)27)12-9-20(18(24)25)15(17(23)30-2)14-16(12)32-10-19-14/h3-7,10,12,15H,1,8-9H2,2H3,(H,24,25). The van der Waals surface area contributed by atoms with Crippen molar-refractivity contribution in [3.8, 4) is 0 Å². The second-order valence-electron chi connectivity index (χ2n) is 6.55. The molecule has 1 N–H and O–H groups in total. The minimum atomic E-state index is -4.70. The van der Waals surface area contributed by atoms with Crippen LogP contribution in [0.15, 0.2) is 47.3 Å². The van der Waals surface area contributed by atoms with Gasteiger partial charge in [0.15, 0.2) is 10.9 Å². The first-order chi connectivity index (χ1) is 15.6. The minimum absolute atomic E-state index is 0.0181. The molecule has 33 heavy (non-hydrogen) atoms. The number of rotatable bonds is 8. The summed E-state index contributed by atoms with van der Waals surface area (Å²) in [5, 5.41) is 21.2. The van der Waals surface area contributed by atoms with Crippen molar-refractivity contribution in [1.29, 1.82) is 0 Å². The van der Waals surface area contributed by atoms with Crippen LogP contribution in [0.2, 0.25) is 0 Å². The number of esters is 1. The SMILES string of the molecule is C=CCON(C1CN(C(=O)O)C(C(=O)OC)c2ncsc21)S(=O)(=O)c1ccccc1[N+](=O)[O-]. The molecule has 3 rings (SSSR count). The number of benzene rings is 1. The third kappa shape index (κ3) is 4.43. The number of fused-ring (bicyclic) bond motifs is 1. The molecule has 2 heterocycles. The molecule has 0 fully saturated rings. The highest BCUT2D eigenvalue weighted by Crippen LogP contribution is 2.42. The number of nitro groups is 1. The van der Waals surface area contributed by atoms with E-state index in [1.807, 2.05) is 0 Å². The fourth-order valence-corrected chi connectivity index (χ4v) is 5.84. The minimum Gasteiger partial charge on any atom is -0.467 e. The van der Waals surface area contributed by atoms with Gasteiger partial charge in [0, 0.05) is 12.6 Å². The third-order valence-electron chi connectivity index (χ3n) is 4.69. The molecule has 2 atom stereocenters. The molecule has 176 valence electrons. The van der Waals surface area contributed by atoms with E-state index in [-0.39, 0.29) is 17.2 Å². The largest absolute Gasteiger partial charge is 0.467 e. The Hall–Kier alpha value is -3.40. The van der Waals surface area contributed by atoms with Gasteiger partial charge in [-0.05, 0) is 6.07 Å². The van der Waals surface area contributed by atoms with E-state index in [1.165, 1.54) is 23.7 Å². The lowest BCUT2D eigenvalue weighted by atomic mass is 10.0. The quantitative estimate of drug-likeness (QED) is 0.246. The molecule has 1 aliphatic heterocycles. The maximum Gasteiger partial charge on any atom is 0.408 e. The molecule has 1 amide bonds. The Morgan fingerprint density at radius 2 is 2.15 bits per heavy atom. The van der Waals surface area contributed by atoms with Crippen LogP contribution in [0.1, 0.15) is 22.7 Å². The average molecular weight is 498 g/mol. The molecule has 2 unspecified atom stereocenters. The van der Waals surface area contributed by atoms with E-state index in [9.17, 15) is 33.2 Å². The van der Waals surface area contributed by atoms with Gasteiger partial charge in [0.05, 0.1) is 34.7 Å². The van der Waals surface area contributed by atoms with E-state index in [0.717, 1.165) is 30.6 Å². The van der Waals surface area contributed by atoms with Crippen LogP contribution in [-0.4, -0.2) is 65.1 Å². The molecule has 0 saturated carbocycles.